The molecule has 0 saturated carbocycles. The fourth-order valence-corrected chi connectivity index (χ4v) is 3.19. The molecule has 10 heteroatoms. The number of benzene rings is 2. The molecule has 2 N–H and O–H groups in total. The third-order valence-electron chi connectivity index (χ3n) is 4.86. The highest BCUT2D eigenvalue weighted by Gasteiger charge is 2.39. The van der Waals surface area contributed by atoms with Crippen LogP contribution in [0.1, 0.15) is 25.0 Å². The molecule has 37 heavy (non-hydrogen) atoms. The number of nitrogens with one attached hydrogen (secondary N) is 2. The molecule has 2 aromatic rings. The molecule has 0 aromatic heterocycles. The van der Waals surface area contributed by atoms with Crippen LogP contribution in [0.15, 0.2) is 86.0 Å². The molecule has 196 valence electrons. The van der Waals surface area contributed by atoms with Crippen molar-refractivity contribution in [2.24, 2.45) is 0 Å². The van der Waals surface area contributed by atoms with Crippen LogP contribution in [0.4, 0.5) is 9.59 Å². The van der Waals surface area contributed by atoms with Crippen LogP contribution >= 0.6 is 0 Å². The van der Waals surface area contributed by atoms with E-state index in [0.717, 1.165) is 12.2 Å². The van der Waals surface area contributed by atoms with E-state index >= 15 is 0 Å². The molecule has 0 fully saturated rings. The number of hydrogen-bond acceptors (Lipinski definition) is 8. The average Bonchev–Trinajstić information content (AvgIpc) is 2.91. The van der Waals surface area contributed by atoms with E-state index in [9.17, 15) is 19.2 Å². The highest BCUT2D eigenvalue weighted by atomic mass is 16.6. The van der Waals surface area contributed by atoms with Crippen LogP contribution < -0.4 is 10.6 Å². The van der Waals surface area contributed by atoms with Crippen molar-refractivity contribution in [1.29, 1.82) is 0 Å². The fourth-order valence-electron chi connectivity index (χ4n) is 3.19. The predicted molar refractivity (Wildman–Crippen MR) is 134 cm³/mol. The minimum Gasteiger partial charge on any atom is -0.456 e. The Bertz CT molecular complexity index is 1000. The van der Waals surface area contributed by atoms with E-state index in [1.165, 1.54) is 0 Å². The Kier molecular flexibility index (Phi) is 10.9. The summed E-state index contributed by atoms with van der Waals surface area (Å²) in [5.74, 6) is -1.31. The molecule has 0 radical (unpaired) electrons. The molecule has 2 unspecified atom stereocenters. The number of rotatable bonds is 12. The maximum Gasteiger partial charge on any atom is 0.409 e. The number of amides is 2. The standard InChI is InChI=1S/C27H30N2O8/c1-5-23(30)36-19(3)17-34-25(32)28-27(21-13-9-7-10-14-21,22-15-11-8-12-16-22)29-26(33)35-18-20(4)37-24(31)6-2/h5-16,19-20H,1-2,17-18H2,3-4H3,(H,28,32)(H,29,33). The Morgan fingerprint density at radius 3 is 1.41 bits per heavy atom. The van der Waals surface area contributed by atoms with E-state index in [0.29, 0.717) is 11.1 Å². The lowest BCUT2D eigenvalue weighted by Gasteiger charge is -2.36. The minimum atomic E-state index is -1.61. The summed E-state index contributed by atoms with van der Waals surface area (Å²) in [5.41, 5.74) is -0.626. The van der Waals surface area contributed by atoms with Gasteiger partial charge in [0.1, 0.15) is 25.4 Å². The molecule has 0 saturated heterocycles. The first kappa shape index (κ1) is 28.6. The lowest BCUT2D eigenvalue weighted by Crippen LogP contribution is -2.59. The first-order valence-electron chi connectivity index (χ1n) is 11.4. The highest BCUT2D eigenvalue weighted by molar-refractivity contribution is 5.81. The third-order valence-corrected chi connectivity index (χ3v) is 4.86. The van der Waals surface area contributed by atoms with Crippen molar-refractivity contribution in [3.63, 3.8) is 0 Å². The molecule has 2 atom stereocenters. The van der Waals surface area contributed by atoms with Gasteiger partial charge >= 0.3 is 24.1 Å². The zero-order chi connectivity index (χ0) is 27.3. The van der Waals surface area contributed by atoms with Gasteiger partial charge in [-0.3, -0.25) is 10.6 Å². The van der Waals surface area contributed by atoms with Crippen molar-refractivity contribution < 1.29 is 38.1 Å². The lowest BCUT2D eigenvalue weighted by molar-refractivity contribution is -0.144. The lowest BCUT2D eigenvalue weighted by atomic mass is 9.91. The van der Waals surface area contributed by atoms with Gasteiger partial charge in [0.05, 0.1) is 0 Å². The number of ether oxygens (including phenoxy) is 4. The second-order valence-electron chi connectivity index (χ2n) is 7.83. The van der Waals surface area contributed by atoms with Gasteiger partial charge in [0.15, 0.2) is 5.66 Å². The van der Waals surface area contributed by atoms with Gasteiger partial charge in [-0.25, -0.2) is 19.2 Å². The first-order valence-corrected chi connectivity index (χ1v) is 11.4. The van der Waals surface area contributed by atoms with Crippen molar-refractivity contribution >= 4 is 24.1 Å². The summed E-state index contributed by atoms with van der Waals surface area (Å²) in [6.45, 7) is 9.24. The Morgan fingerprint density at radius 2 is 1.08 bits per heavy atom. The predicted octanol–water partition coefficient (Wildman–Crippen LogP) is 3.58. The van der Waals surface area contributed by atoms with Crippen molar-refractivity contribution in [3.8, 4) is 0 Å². The zero-order valence-electron chi connectivity index (χ0n) is 20.7. The van der Waals surface area contributed by atoms with Gasteiger partial charge in [-0.2, -0.15) is 0 Å². The number of hydrogen-bond donors (Lipinski definition) is 2. The topological polar surface area (TPSA) is 129 Å². The molecule has 0 aliphatic heterocycles. The van der Waals surface area contributed by atoms with E-state index in [1.54, 1.807) is 74.5 Å². The van der Waals surface area contributed by atoms with Crippen LogP contribution in [0.25, 0.3) is 0 Å². The molecule has 0 bridgehead atoms. The second-order valence-corrected chi connectivity index (χ2v) is 7.83. The van der Waals surface area contributed by atoms with Crippen LogP contribution in [-0.4, -0.2) is 49.5 Å². The summed E-state index contributed by atoms with van der Waals surface area (Å²) >= 11 is 0. The highest BCUT2D eigenvalue weighted by Crippen LogP contribution is 2.27. The largest absolute Gasteiger partial charge is 0.456 e. The molecule has 0 aliphatic carbocycles. The van der Waals surface area contributed by atoms with Crippen molar-refractivity contribution in [1.82, 2.24) is 10.6 Å². The van der Waals surface area contributed by atoms with Gasteiger partial charge in [0.25, 0.3) is 0 Å². The summed E-state index contributed by atoms with van der Waals surface area (Å²) in [7, 11) is 0. The van der Waals surface area contributed by atoms with Gasteiger partial charge in [-0.1, -0.05) is 73.8 Å². The minimum absolute atomic E-state index is 0.248. The molecular formula is C27H30N2O8. The van der Waals surface area contributed by atoms with Gasteiger partial charge < -0.3 is 18.9 Å². The van der Waals surface area contributed by atoms with Crippen LogP contribution in [-0.2, 0) is 34.2 Å². The fraction of sp³-hybridized carbons (Fsp3) is 0.259. The van der Waals surface area contributed by atoms with Crippen molar-refractivity contribution in [3.05, 3.63) is 97.1 Å². The van der Waals surface area contributed by atoms with E-state index in [1.807, 2.05) is 0 Å². The van der Waals surface area contributed by atoms with E-state index in [-0.39, 0.29) is 13.2 Å². The molecular weight excluding hydrogens is 480 g/mol. The number of alkyl carbamates (subject to hydrolysis) is 2. The van der Waals surface area contributed by atoms with E-state index < -0.39 is 42.0 Å². The molecule has 2 rings (SSSR count). The third kappa shape index (κ3) is 8.84. The van der Waals surface area contributed by atoms with Crippen molar-refractivity contribution in [2.75, 3.05) is 13.2 Å². The molecule has 2 amide bonds. The van der Waals surface area contributed by atoms with Gasteiger partial charge in [0, 0.05) is 23.3 Å². The van der Waals surface area contributed by atoms with Crippen LogP contribution in [0.5, 0.6) is 0 Å². The summed E-state index contributed by atoms with van der Waals surface area (Å²) in [6.07, 6.45) is -1.28. The van der Waals surface area contributed by atoms with Crippen LogP contribution in [0.3, 0.4) is 0 Å². The quantitative estimate of drug-likeness (QED) is 0.192. The van der Waals surface area contributed by atoms with Crippen LogP contribution in [0, 0.1) is 0 Å². The van der Waals surface area contributed by atoms with Crippen molar-refractivity contribution in [2.45, 2.75) is 31.7 Å². The maximum atomic E-state index is 12.9. The number of carbonyl (C=O) groups excluding carboxylic acids is 4. The molecule has 0 spiro atoms. The van der Waals surface area contributed by atoms with Gasteiger partial charge in [0.2, 0.25) is 0 Å². The monoisotopic (exact) mass is 510 g/mol. The average molecular weight is 511 g/mol. The summed E-state index contributed by atoms with van der Waals surface area (Å²) < 4.78 is 20.5. The molecule has 10 nitrogen and oxygen atoms in total. The normalized spacial score (nSPS) is 12.2. The summed E-state index contributed by atoms with van der Waals surface area (Å²) in [4.78, 5) is 48.6. The van der Waals surface area contributed by atoms with E-state index in [2.05, 4.69) is 23.8 Å². The molecule has 0 heterocycles. The van der Waals surface area contributed by atoms with Gasteiger partial charge in [-0.05, 0) is 13.8 Å². The first-order chi connectivity index (χ1) is 17.7. The summed E-state index contributed by atoms with van der Waals surface area (Å²) in [6, 6.07) is 17.3. The number of carbonyl (C=O) groups is 4. The van der Waals surface area contributed by atoms with Gasteiger partial charge in [-0.15, -0.1) is 0 Å². The number of esters is 2. The Labute approximate surface area is 215 Å². The Hall–Kier alpha value is -4.60. The molecule has 2 aromatic carbocycles. The van der Waals surface area contributed by atoms with Crippen LogP contribution in [0.2, 0.25) is 0 Å². The summed E-state index contributed by atoms with van der Waals surface area (Å²) in [5, 5.41) is 5.43. The van der Waals surface area contributed by atoms with E-state index in [4.69, 9.17) is 18.9 Å². The second kappa shape index (κ2) is 14.1. The Morgan fingerprint density at radius 1 is 0.730 bits per heavy atom. The Balaban J connectivity index is 2.30. The molecule has 0 aliphatic rings. The zero-order valence-corrected chi connectivity index (χ0v) is 20.7. The smallest absolute Gasteiger partial charge is 0.409 e. The SMILES string of the molecule is C=CC(=O)OC(C)COC(=O)NC(NC(=O)OCC(C)OC(=O)C=C)(c1ccccc1)c1ccccc1. The maximum absolute atomic E-state index is 12.9.